The lowest BCUT2D eigenvalue weighted by Gasteiger charge is -2.04. The molecular formula is C17H15N3O2. The van der Waals surface area contributed by atoms with Gasteiger partial charge in [-0.3, -0.25) is 0 Å². The van der Waals surface area contributed by atoms with Crippen molar-refractivity contribution in [2.45, 2.75) is 13.8 Å². The number of hydrogen-bond acceptors (Lipinski definition) is 4. The highest BCUT2D eigenvalue weighted by Crippen LogP contribution is 2.16. The molecule has 0 spiro atoms. The number of carbonyl (C=O) groups is 1. The van der Waals surface area contributed by atoms with Crippen molar-refractivity contribution in [3.63, 3.8) is 0 Å². The van der Waals surface area contributed by atoms with Crippen LogP contribution in [0.5, 0.6) is 5.75 Å². The number of aryl methyl sites for hydroxylation is 1. The molecule has 0 unspecified atom stereocenters. The van der Waals surface area contributed by atoms with E-state index in [9.17, 15) is 4.79 Å². The smallest absolute Gasteiger partial charge is 0.366 e. The molecule has 1 heterocycles. The summed E-state index contributed by atoms with van der Waals surface area (Å²) in [6.45, 7) is 3.76. The second-order valence-electron chi connectivity index (χ2n) is 4.97. The number of ether oxygens (including phenoxy) is 1. The summed E-state index contributed by atoms with van der Waals surface area (Å²) >= 11 is 0. The van der Waals surface area contributed by atoms with Crippen LogP contribution < -0.4 is 4.74 Å². The molecule has 0 aliphatic rings. The third kappa shape index (κ3) is 2.74. The van der Waals surface area contributed by atoms with Crippen LogP contribution in [0.25, 0.3) is 5.69 Å². The molecular weight excluding hydrogens is 278 g/mol. The van der Waals surface area contributed by atoms with Gasteiger partial charge in [0.15, 0.2) is 5.69 Å². The van der Waals surface area contributed by atoms with Crippen molar-refractivity contribution in [3.05, 3.63) is 71.5 Å². The van der Waals surface area contributed by atoms with Gasteiger partial charge in [-0.15, -0.1) is 5.10 Å². The predicted molar refractivity (Wildman–Crippen MR) is 82.2 cm³/mol. The summed E-state index contributed by atoms with van der Waals surface area (Å²) < 4.78 is 6.95. The zero-order valence-electron chi connectivity index (χ0n) is 12.4. The Morgan fingerprint density at radius 3 is 2.36 bits per heavy atom. The molecule has 0 saturated heterocycles. The van der Waals surface area contributed by atoms with E-state index in [0.29, 0.717) is 11.4 Å². The number of hydrogen-bond donors (Lipinski definition) is 0. The number of esters is 1. The highest BCUT2D eigenvalue weighted by Gasteiger charge is 2.19. The molecule has 0 atom stereocenters. The molecule has 2 aromatic carbocycles. The number of aromatic nitrogens is 3. The summed E-state index contributed by atoms with van der Waals surface area (Å²) in [5.41, 5.74) is 2.81. The average molecular weight is 293 g/mol. The molecule has 22 heavy (non-hydrogen) atoms. The lowest BCUT2D eigenvalue weighted by atomic mass is 10.2. The van der Waals surface area contributed by atoms with Gasteiger partial charge in [-0.1, -0.05) is 41.1 Å². The van der Waals surface area contributed by atoms with E-state index in [1.54, 1.807) is 23.7 Å². The first kappa shape index (κ1) is 14.0. The molecule has 110 valence electrons. The van der Waals surface area contributed by atoms with Gasteiger partial charge in [0, 0.05) is 0 Å². The fourth-order valence-electron chi connectivity index (χ4n) is 2.09. The quantitative estimate of drug-likeness (QED) is 0.550. The van der Waals surface area contributed by atoms with Crippen molar-refractivity contribution in [1.29, 1.82) is 0 Å². The van der Waals surface area contributed by atoms with Crippen molar-refractivity contribution < 1.29 is 9.53 Å². The van der Waals surface area contributed by atoms with E-state index in [2.05, 4.69) is 10.3 Å². The first-order valence-corrected chi connectivity index (χ1v) is 6.92. The standard InChI is InChI=1S/C17H15N3O2/c1-12-8-10-15(11-9-12)22-17(21)16-13(2)20(19-18-16)14-6-4-3-5-7-14/h3-11H,1-2H3. The summed E-state index contributed by atoms with van der Waals surface area (Å²) in [6.07, 6.45) is 0. The molecule has 0 saturated carbocycles. The van der Waals surface area contributed by atoms with E-state index in [1.165, 1.54) is 0 Å². The van der Waals surface area contributed by atoms with Gasteiger partial charge in [-0.05, 0) is 38.1 Å². The Balaban J connectivity index is 1.85. The Labute approximate surface area is 128 Å². The van der Waals surface area contributed by atoms with Crippen LogP contribution >= 0.6 is 0 Å². The maximum absolute atomic E-state index is 12.2. The summed E-state index contributed by atoms with van der Waals surface area (Å²) in [4.78, 5) is 12.2. The summed E-state index contributed by atoms with van der Waals surface area (Å²) in [5.74, 6) is -0.0206. The van der Waals surface area contributed by atoms with E-state index >= 15 is 0 Å². The summed E-state index contributed by atoms with van der Waals surface area (Å²) in [5, 5.41) is 7.97. The second kappa shape index (κ2) is 5.81. The molecule has 0 aliphatic heterocycles. The number of nitrogens with zero attached hydrogens (tertiary/aromatic N) is 3. The summed E-state index contributed by atoms with van der Waals surface area (Å²) in [6, 6.07) is 16.8. The molecule has 0 N–H and O–H groups in total. The minimum atomic E-state index is -0.511. The second-order valence-corrected chi connectivity index (χ2v) is 4.97. The molecule has 0 aliphatic carbocycles. The molecule has 3 rings (SSSR count). The van der Waals surface area contributed by atoms with E-state index in [1.807, 2.05) is 49.4 Å². The van der Waals surface area contributed by atoms with Crippen LogP contribution in [0.2, 0.25) is 0 Å². The molecule has 0 bridgehead atoms. The molecule has 0 fully saturated rings. The van der Waals surface area contributed by atoms with Crippen molar-refractivity contribution in [2.24, 2.45) is 0 Å². The Bertz CT molecular complexity index is 793. The highest BCUT2D eigenvalue weighted by molar-refractivity contribution is 5.90. The fourth-order valence-corrected chi connectivity index (χ4v) is 2.09. The number of benzene rings is 2. The molecule has 5 heteroatoms. The summed E-state index contributed by atoms with van der Waals surface area (Å²) in [7, 11) is 0. The van der Waals surface area contributed by atoms with Gasteiger partial charge < -0.3 is 4.74 Å². The van der Waals surface area contributed by atoms with E-state index in [-0.39, 0.29) is 5.69 Å². The normalized spacial score (nSPS) is 10.5. The van der Waals surface area contributed by atoms with Gasteiger partial charge in [0.05, 0.1) is 11.4 Å². The van der Waals surface area contributed by atoms with Gasteiger partial charge in [0.2, 0.25) is 0 Å². The Kier molecular flexibility index (Phi) is 3.70. The number of rotatable bonds is 3. The van der Waals surface area contributed by atoms with Crippen LogP contribution in [0.1, 0.15) is 21.7 Å². The minimum absolute atomic E-state index is 0.212. The van der Waals surface area contributed by atoms with E-state index in [0.717, 1.165) is 11.3 Å². The number of carbonyl (C=O) groups excluding carboxylic acids is 1. The third-order valence-corrected chi connectivity index (χ3v) is 3.32. The van der Waals surface area contributed by atoms with Gasteiger partial charge in [0.25, 0.3) is 0 Å². The van der Waals surface area contributed by atoms with Crippen LogP contribution in [0, 0.1) is 13.8 Å². The minimum Gasteiger partial charge on any atom is -0.422 e. The first-order valence-electron chi connectivity index (χ1n) is 6.92. The van der Waals surface area contributed by atoms with Crippen LogP contribution in [-0.4, -0.2) is 21.0 Å². The lowest BCUT2D eigenvalue weighted by Crippen LogP contribution is -2.11. The predicted octanol–water partition coefficient (Wildman–Crippen LogP) is 3.10. The molecule has 0 amide bonds. The third-order valence-electron chi connectivity index (χ3n) is 3.32. The van der Waals surface area contributed by atoms with Gasteiger partial charge in [-0.25, -0.2) is 9.48 Å². The van der Waals surface area contributed by atoms with Gasteiger partial charge in [0.1, 0.15) is 5.75 Å². The van der Waals surface area contributed by atoms with Crippen molar-refractivity contribution >= 4 is 5.97 Å². The van der Waals surface area contributed by atoms with Crippen LogP contribution in [-0.2, 0) is 0 Å². The van der Waals surface area contributed by atoms with Crippen molar-refractivity contribution in [3.8, 4) is 11.4 Å². The fraction of sp³-hybridized carbons (Fsp3) is 0.118. The van der Waals surface area contributed by atoms with E-state index in [4.69, 9.17) is 4.74 Å². The number of para-hydroxylation sites is 1. The SMILES string of the molecule is Cc1ccc(OC(=O)c2nnn(-c3ccccc3)c2C)cc1. The van der Waals surface area contributed by atoms with Crippen LogP contribution in [0.15, 0.2) is 54.6 Å². The van der Waals surface area contributed by atoms with Crippen LogP contribution in [0.3, 0.4) is 0 Å². The zero-order valence-corrected chi connectivity index (χ0v) is 12.4. The molecule has 0 radical (unpaired) electrons. The van der Waals surface area contributed by atoms with Gasteiger partial charge in [-0.2, -0.15) is 0 Å². The Hall–Kier alpha value is -2.95. The molecule has 3 aromatic rings. The van der Waals surface area contributed by atoms with E-state index < -0.39 is 5.97 Å². The van der Waals surface area contributed by atoms with Gasteiger partial charge >= 0.3 is 5.97 Å². The Morgan fingerprint density at radius 2 is 1.68 bits per heavy atom. The Morgan fingerprint density at radius 1 is 1.00 bits per heavy atom. The lowest BCUT2D eigenvalue weighted by molar-refractivity contribution is 0.0727. The maximum atomic E-state index is 12.2. The molecule has 5 nitrogen and oxygen atoms in total. The largest absolute Gasteiger partial charge is 0.422 e. The molecule has 1 aromatic heterocycles. The highest BCUT2D eigenvalue weighted by atomic mass is 16.5. The average Bonchev–Trinajstić information content (AvgIpc) is 2.92. The first-order chi connectivity index (χ1) is 10.6. The monoisotopic (exact) mass is 293 g/mol. The zero-order chi connectivity index (χ0) is 15.5. The topological polar surface area (TPSA) is 57.0 Å². The maximum Gasteiger partial charge on any atom is 0.366 e. The van der Waals surface area contributed by atoms with Crippen molar-refractivity contribution in [2.75, 3.05) is 0 Å². The van der Waals surface area contributed by atoms with Crippen LogP contribution in [0.4, 0.5) is 0 Å². The van der Waals surface area contributed by atoms with Crippen molar-refractivity contribution in [1.82, 2.24) is 15.0 Å².